The summed E-state index contributed by atoms with van der Waals surface area (Å²) in [5, 5.41) is 10.5. The van der Waals surface area contributed by atoms with Crippen LogP contribution in [-0.2, 0) is 11.3 Å². The molecule has 2 N–H and O–H groups in total. The Morgan fingerprint density at radius 1 is 1.12 bits per heavy atom. The molecule has 4 aromatic rings. The number of hydrogen-bond donors (Lipinski definition) is 2. The van der Waals surface area contributed by atoms with Crippen molar-refractivity contribution in [2.75, 3.05) is 0 Å². The number of alkyl halides is 1. The molecule has 0 unspecified atom stereocenters. The van der Waals surface area contributed by atoms with Crippen LogP contribution in [0.25, 0.3) is 39.1 Å². The van der Waals surface area contributed by atoms with Gasteiger partial charge in [-0.25, -0.2) is 18.0 Å². The molecule has 2 heterocycles. The summed E-state index contributed by atoms with van der Waals surface area (Å²) in [4.78, 5) is 14.0. The first-order valence-corrected chi connectivity index (χ1v) is 10.1. The van der Waals surface area contributed by atoms with E-state index in [-0.39, 0.29) is 23.4 Å². The summed E-state index contributed by atoms with van der Waals surface area (Å²) < 4.78 is 46.9. The highest BCUT2D eigenvalue weighted by Crippen LogP contribution is 2.35. The fraction of sp³-hybridized carbons (Fsp3) is 0.200. The van der Waals surface area contributed by atoms with Crippen LogP contribution in [0.3, 0.4) is 0 Å². The van der Waals surface area contributed by atoms with Gasteiger partial charge >= 0.3 is 5.97 Å². The van der Waals surface area contributed by atoms with E-state index in [1.54, 1.807) is 11.5 Å². The van der Waals surface area contributed by atoms with Crippen molar-refractivity contribution in [3.05, 3.63) is 71.4 Å². The van der Waals surface area contributed by atoms with E-state index in [0.717, 1.165) is 40.6 Å². The minimum absolute atomic E-state index is 0.0732. The first-order valence-electron chi connectivity index (χ1n) is 10.1. The van der Waals surface area contributed by atoms with Crippen molar-refractivity contribution in [1.29, 1.82) is 0 Å². The maximum atomic E-state index is 15.3. The van der Waals surface area contributed by atoms with Crippen molar-refractivity contribution in [3.63, 3.8) is 0 Å². The van der Waals surface area contributed by atoms with Gasteiger partial charge in [0.1, 0.15) is 22.7 Å². The second-order valence-corrected chi connectivity index (χ2v) is 8.43. The van der Waals surface area contributed by atoms with Gasteiger partial charge in [0, 0.05) is 35.4 Å². The predicted octanol–water partition coefficient (Wildman–Crippen LogP) is 5.71. The quantitative estimate of drug-likeness (QED) is 0.309. The number of carboxylic acid groups (broad SMARTS) is 1. The van der Waals surface area contributed by atoms with Gasteiger partial charge in [-0.05, 0) is 43.7 Å². The van der Waals surface area contributed by atoms with Crippen LogP contribution in [0, 0.1) is 18.6 Å². The summed E-state index contributed by atoms with van der Waals surface area (Å²) in [7, 11) is 0. The van der Waals surface area contributed by atoms with Gasteiger partial charge < -0.3 is 10.1 Å². The molecule has 0 saturated carbocycles. The molecule has 7 heteroatoms. The van der Waals surface area contributed by atoms with Gasteiger partial charge in [-0.2, -0.15) is 4.57 Å². The number of carbonyl (C=O) groups is 1. The van der Waals surface area contributed by atoms with Crippen molar-refractivity contribution in [2.45, 2.75) is 33.0 Å². The highest BCUT2D eigenvalue weighted by atomic mass is 19.1. The summed E-state index contributed by atoms with van der Waals surface area (Å²) in [6.07, 6.45) is 1.92. The third kappa shape index (κ3) is 3.98. The van der Waals surface area contributed by atoms with Crippen LogP contribution in [0.5, 0.6) is 0 Å². The molecule has 0 bridgehead atoms. The van der Waals surface area contributed by atoms with Crippen molar-refractivity contribution >= 4 is 33.9 Å². The molecule has 4 nitrogen and oxygen atoms in total. The Hall–Kier alpha value is -3.61. The van der Waals surface area contributed by atoms with Crippen LogP contribution >= 0.6 is 0 Å². The molecule has 0 atom stereocenters. The van der Waals surface area contributed by atoms with Gasteiger partial charge in [0.2, 0.25) is 5.69 Å². The van der Waals surface area contributed by atoms with Gasteiger partial charge in [0.25, 0.3) is 0 Å². The molecule has 0 spiro atoms. The van der Waals surface area contributed by atoms with Crippen LogP contribution in [0.15, 0.2) is 48.5 Å². The number of aromatic amines is 1. The summed E-state index contributed by atoms with van der Waals surface area (Å²) in [6.45, 7) is 4.48. The minimum Gasteiger partial charge on any atom is -0.478 e. The van der Waals surface area contributed by atoms with Crippen molar-refractivity contribution < 1.29 is 27.6 Å². The van der Waals surface area contributed by atoms with E-state index >= 15 is 8.78 Å². The topological polar surface area (TPSA) is 57.0 Å². The number of halogens is 3. The smallest absolute Gasteiger partial charge is 0.328 e. The Balaban J connectivity index is 2.08. The molecule has 164 valence electrons. The molecule has 0 aliphatic rings. The first kappa shape index (κ1) is 21.6. The molecule has 0 fully saturated rings. The van der Waals surface area contributed by atoms with Crippen LogP contribution < -0.4 is 4.57 Å². The Kier molecular flexibility index (Phi) is 5.28. The van der Waals surface area contributed by atoms with Gasteiger partial charge in [-0.3, -0.25) is 0 Å². The molecule has 2 aromatic heterocycles. The van der Waals surface area contributed by atoms with E-state index in [1.165, 1.54) is 13.8 Å². The maximum absolute atomic E-state index is 15.3. The van der Waals surface area contributed by atoms with Crippen LogP contribution in [-0.4, -0.2) is 21.7 Å². The highest BCUT2D eigenvalue weighted by Gasteiger charge is 2.33. The Morgan fingerprint density at radius 3 is 2.41 bits per heavy atom. The van der Waals surface area contributed by atoms with E-state index < -0.39 is 23.3 Å². The average Bonchev–Trinajstić information content (AvgIpc) is 3.05. The SMILES string of the molecule is Cc1cc2c([nH]c3ccccc32)c(-c2c(F)cc(/C=C/C(=O)O)cc2F)[n+]1CC(C)(C)F. The fourth-order valence-electron chi connectivity index (χ4n) is 4.02. The lowest BCUT2D eigenvalue weighted by molar-refractivity contribution is -0.701. The van der Waals surface area contributed by atoms with Gasteiger partial charge in [-0.1, -0.05) is 18.2 Å². The normalized spacial score (nSPS) is 12.3. The number of aromatic nitrogens is 2. The number of carboxylic acids is 1. The molecular weight excluding hydrogens is 417 g/mol. The zero-order valence-electron chi connectivity index (χ0n) is 17.8. The third-order valence-electron chi connectivity index (χ3n) is 5.29. The molecule has 4 rings (SSSR count). The second kappa shape index (κ2) is 7.82. The largest absolute Gasteiger partial charge is 0.478 e. The maximum Gasteiger partial charge on any atom is 0.328 e. The number of aliphatic carboxylic acids is 1. The number of benzene rings is 2. The summed E-state index contributed by atoms with van der Waals surface area (Å²) in [5.41, 5.74) is 0.268. The molecule has 2 aromatic carbocycles. The summed E-state index contributed by atoms with van der Waals surface area (Å²) >= 11 is 0. The molecule has 0 amide bonds. The van der Waals surface area contributed by atoms with Gasteiger partial charge in [-0.15, -0.1) is 0 Å². The predicted molar refractivity (Wildman–Crippen MR) is 118 cm³/mol. The first-order chi connectivity index (χ1) is 15.0. The second-order valence-electron chi connectivity index (χ2n) is 8.43. The molecule has 0 aliphatic carbocycles. The van der Waals surface area contributed by atoms with Crippen molar-refractivity contribution in [3.8, 4) is 11.3 Å². The monoisotopic (exact) mass is 439 g/mol. The lowest BCUT2D eigenvalue weighted by atomic mass is 10.0. The van der Waals surface area contributed by atoms with E-state index in [1.807, 2.05) is 30.3 Å². The molecule has 0 aliphatic heterocycles. The number of nitrogens with one attached hydrogen (secondary N) is 1. The lowest BCUT2D eigenvalue weighted by Gasteiger charge is -2.16. The number of para-hydroxylation sites is 1. The Morgan fingerprint density at radius 2 is 1.78 bits per heavy atom. The number of fused-ring (bicyclic) bond motifs is 3. The fourth-order valence-corrected chi connectivity index (χ4v) is 4.02. The average molecular weight is 439 g/mol. The van der Waals surface area contributed by atoms with Crippen LogP contribution in [0.2, 0.25) is 0 Å². The Labute approximate surface area is 182 Å². The number of rotatable bonds is 5. The van der Waals surface area contributed by atoms with Crippen molar-refractivity contribution in [2.24, 2.45) is 0 Å². The van der Waals surface area contributed by atoms with E-state index in [4.69, 9.17) is 5.11 Å². The zero-order valence-corrected chi connectivity index (χ0v) is 17.8. The molecule has 0 saturated heterocycles. The number of aryl methyl sites for hydroxylation is 1. The lowest BCUT2D eigenvalue weighted by Crippen LogP contribution is -2.47. The molecular formula is C25H22F3N2O2+. The summed E-state index contributed by atoms with van der Waals surface area (Å²) in [6, 6.07) is 11.5. The standard InChI is InChI=1S/C25H21F3N2O2/c1-14-10-17-16-6-4-5-7-20(16)29-23(17)24(30(14)13-25(2,3)28)22-18(26)11-15(12-19(22)27)8-9-21(31)32/h4-12H,13H2,1-3H3,(H,31,32)/p+1/b9-8+. The van der Waals surface area contributed by atoms with E-state index in [0.29, 0.717) is 11.2 Å². The number of pyridine rings is 1. The van der Waals surface area contributed by atoms with Gasteiger partial charge in [0.15, 0.2) is 17.9 Å². The van der Waals surface area contributed by atoms with Crippen molar-refractivity contribution in [1.82, 2.24) is 4.98 Å². The number of hydrogen-bond acceptors (Lipinski definition) is 1. The van der Waals surface area contributed by atoms with Crippen LogP contribution in [0.4, 0.5) is 13.2 Å². The van der Waals surface area contributed by atoms with E-state index in [2.05, 4.69) is 4.98 Å². The summed E-state index contributed by atoms with van der Waals surface area (Å²) in [5.74, 6) is -2.96. The molecule has 32 heavy (non-hydrogen) atoms. The van der Waals surface area contributed by atoms with Gasteiger partial charge in [0.05, 0.1) is 0 Å². The van der Waals surface area contributed by atoms with Crippen LogP contribution in [0.1, 0.15) is 25.1 Å². The highest BCUT2D eigenvalue weighted by molar-refractivity contribution is 6.10. The Bertz CT molecular complexity index is 1380. The number of nitrogens with zero attached hydrogens (tertiary/aromatic N) is 1. The minimum atomic E-state index is -1.64. The third-order valence-corrected chi connectivity index (χ3v) is 5.29. The van der Waals surface area contributed by atoms with E-state index in [9.17, 15) is 9.18 Å². The number of H-pyrrole nitrogens is 1. The zero-order chi connectivity index (χ0) is 23.2. The molecule has 0 radical (unpaired) electrons.